The van der Waals surface area contributed by atoms with Gasteiger partial charge in [0.1, 0.15) is 0 Å². The van der Waals surface area contributed by atoms with Gasteiger partial charge in [-0.05, 0) is 25.9 Å². The van der Waals surface area contributed by atoms with Crippen LogP contribution in [0.4, 0.5) is 0 Å². The predicted molar refractivity (Wildman–Crippen MR) is 54.2 cm³/mol. The highest BCUT2D eigenvalue weighted by Gasteiger charge is 2.35. The summed E-state index contributed by atoms with van der Waals surface area (Å²) in [5.74, 6) is 0. The maximum atomic E-state index is 5.41. The second kappa shape index (κ2) is 6.32. The van der Waals surface area contributed by atoms with E-state index in [0.29, 0.717) is 12.1 Å². The molecule has 0 aromatic carbocycles. The molecule has 0 bridgehead atoms. The lowest BCUT2D eigenvalue weighted by molar-refractivity contribution is -0.367. The Bertz CT molecular complexity index is 115. The maximum Gasteiger partial charge on any atom is 0.0752 e. The fourth-order valence-electron chi connectivity index (χ4n) is 1.45. The highest BCUT2D eigenvalue weighted by molar-refractivity contribution is 4.99. The first-order valence-corrected chi connectivity index (χ1v) is 5.34. The van der Waals surface area contributed by atoms with Gasteiger partial charge in [-0.1, -0.05) is 0 Å². The lowest BCUT2D eigenvalue weighted by Crippen LogP contribution is -2.51. The van der Waals surface area contributed by atoms with E-state index in [1.54, 1.807) is 0 Å². The van der Waals surface area contributed by atoms with Crippen LogP contribution in [0.25, 0.3) is 0 Å². The van der Waals surface area contributed by atoms with E-state index in [4.69, 9.17) is 5.73 Å². The molecule has 13 heavy (non-hydrogen) atoms. The third-order valence-electron chi connectivity index (χ3n) is 2.41. The molecule has 2 unspecified atom stereocenters. The van der Waals surface area contributed by atoms with Crippen molar-refractivity contribution >= 4 is 0 Å². The summed E-state index contributed by atoms with van der Waals surface area (Å²) in [4.78, 5) is 0. The van der Waals surface area contributed by atoms with Crippen LogP contribution in [0.1, 0.15) is 19.3 Å². The lowest BCUT2D eigenvalue weighted by atomic mass is 10.4. The third-order valence-corrected chi connectivity index (χ3v) is 2.41. The zero-order valence-corrected chi connectivity index (χ0v) is 8.39. The van der Waals surface area contributed by atoms with Gasteiger partial charge < -0.3 is 22.1 Å². The first-order valence-electron chi connectivity index (χ1n) is 5.34. The van der Waals surface area contributed by atoms with Crippen molar-refractivity contribution in [1.29, 1.82) is 0 Å². The second-order valence-corrected chi connectivity index (χ2v) is 3.71. The van der Waals surface area contributed by atoms with Crippen LogP contribution in [0.5, 0.6) is 0 Å². The molecule has 4 nitrogen and oxygen atoms in total. The lowest BCUT2D eigenvalue weighted by Gasteiger charge is -2.03. The highest BCUT2D eigenvalue weighted by Crippen LogP contribution is 2.20. The minimum atomic E-state index is 0.705. The normalized spacial score (nSPS) is 26.3. The van der Waals surface area contributed by atoms with E-state index in [0.717, 1.165) is 32.6 Å². The molecule has 0 heterocycles. The zero-order chi connectivity index (χ0) is 9.52. The Morgan fingerprint density at radius 3 is 2.31 bits per heavy atom. The predicted octanol–water partition coefficient (Wildman–Crippen LogP) is -1.71. The van der Waals surface area contributed by atoms with Crippen molar-refractivity contribution < 1.29 is 5.73 Å². The molecule has 0 aromatic rings. The number of quaternary nitrogens is 1. The fraction of sp³-hybridized carbons (Fsp3) is 1.00. The van der Waals surface area contributed by atoms with Gasteiger partial charge in [-0.3, -0.25) is 0 Å². The van der Waals surface area contributed by atoms with Crippen LogP contribution in [0.2, 0.25) is 0 Å². The molecule has 1 aliphatic rings. The molecule has 1 rings (SSSR count). The molecular weight excluding hydrogens is 164 g/mol. The Morgan fingerprint density at radius 2 is 1.77 bits per heavy atom. The Morgan fingerprint density at radius 1 is 1.15 bits per heavy atom. The topological polar surface area (TPSA) is 77.7 Å². The number of rotatable bonds is 8. The average Bonchev–Trinajstić information content (AvgIpc) is 2.85. The summed E-state index contributed by atoms with van der Waals surface area (Å²) in [5, 5.41) is 6.98. The summed E-state index contributed by atoms with van der Waals surface area (Å²) in [6.07, 6.45) is 3.55. The van der Waals surface area contributed by atoms with E-state index >= 15 is 0 Å². The molecule has 7 N–H and O–H groups in total. The van der Waals surface area contributed by atoms with E-state index < -0.39 is 0 Å². The van der Waals surface area contributed by atoms with Crippen LogP contribution in [-0.2, 0) is 0 Å². The summed E-state index contributed by atoms with van der Waals surface area (Å²) < 4.78 is 0. The number of hydrogen-bond donors (Lipinski definition) is 4. The molecule has 0 aromatic heterocycles. The number of nitrogens with two attached hydrogens (primary N) is 1. The van der Waals surface area contributed by atoms with Crippen LogP contribution in [0.3, 0.4) is 0 Å². The molecule has 2 atom stereocenters. The Hall–Kier alpha value is -0.160. The molecule has 0 amide bonds. The summed E-state index contributed by atoms with van der Waals surface area (Å²) >= 11 is 0. The smallest absolute Gasteiger partial charge is 0.0752 e. The number of hydrogen-bond acceptors (Lipinski definition) is 3. The molecule has 4 heteroatoms. The monoisotopic (exact) mass is 187 g/mol. The van der Waals surface area contributed by atoms with E-state index in [1.165, 1.54) is 12.8 Å². The van der Waals surface area contributed by atoms with Gasteiger partial charge in [0.25, 0.3) is 0 Å². The molecule has 0 aliphatic heterocycles. The van der Waals surface area contributed by atoms with Gasteiger partial charge in [-0.25, -0.2) is 0 Å². The zero-order valence-electron chi connectivity index (χ0n) is 8.39. The van der Waals surface area contributed by atoms with Crippen molar-refractivity contribution in [3.8, 4) is 0 Å². The van der Waals surface area contributed by atoms with E-state index in [9.17, 15) is 0 Å². The van der Waals surface area contributed by atoms with Gasteiger partial charge in [-0.15, -0.1) is 0 Å². The summed E-state index contributed by atoms with van der Waals surface area (Å²) in [7, 11) is 0. The largest absolute Gasteiger partial charge is 0.358 e. The fourth-order valence-corrected chi connectivity index (χ4v) is 1.45. The standard InChI is InChI=1S/C9H22N4/c10-3-1-5-12-8-7-9(8)13-6-2-4-11/h8-9,12-13H,1-7,10-11H2/p+1. The van der Waals surface area contributed by atoms with Crippen molar-refractivity contribution in [2.75, 3.05) is 26.2 Å². The van der Waals surface area contributed by atoms with Crippen molar-refractivity contribution in [3.63, 3.8) is 0 Å². The Kier molecular flexibility index (Phi) is 5.31. The van der Waals surface area contributed by atoms with Crippen LogP contribution in [0.15, 0.2) is 0 Å². The molecule has 1 fully saturated rings. The first kappa shape index (κ1) is 10.9. The number of nitrogens with one attached hydrogen (secondary N) is 2. The summed E-state index contributed by atoms with van der Waals surface area (Å²) in [6, 6.07) is 1.42. The van der Waals surface area contributed by atoms with Gasteiger partial charge in [0.15, 0.2) is 0 Å². The van der Waals surface area contributed by atoms with E-state index in [1.807, 2.05) is 0 Å². The highest BCUT2D eigenvalue weighted by atomic mass is 15.1. The summed E-state index contributed by atoms with van der Waals surface area (Å²) in [5.41, 5.74) is 9.22. The Balaban J connectivity index is 1.85. The molecule has 0 spiro atoms. The van der Waals surface area contributed by atoms with Gasteiger partial charge in [0.2, 0.25) is 0 Å². The van der Waals surface area contributed by atoms with Crippen molar-refractivity contribution in [2.24, 2.45) is 5.73 Å². The van der Waals surface area contributed by atoms with Crippen molar-refractivity contribution in [2.45, 2.75) is 31.3 Å². The van der Waals surface area contributed by atoms with Crippen LogP contribution < -0.4 is 22.1 Å². The van der Waals surface area contributed by atoms with Crippen molar-refractivity contribution in [3.05, 3.63) is 0 Å². The minimum Gasteiger partial charge on any atom is -0.358 e. The Labute approximate surface area is 80.4 Å². The molecular formula is C9H23N4+. The molecule has 1 aliphatic carbocycles. The van der Waals surface area contributed by atoms with Gasteiger partial charge in [0, 0.05) is 25.0 Å². The summed E-state index contributed by atoms with van der Waals surface area (Å²) in [6.45, 7) is 4.00. The van der Waals surface area contributed by atoms with E-state index in [2.05, 4.69) is 16.4 Å². The molecule has 0 saturated heterocycles. The quantitative estimate of drug-likeness (QED) is 0.342. The van der Waals surface area contributed by atoms with Gasteiger partial charge >= 0.3 is 0 Å². The molecule has 0 radical (unpaired) electrons. The van der Waals surface area contributed by atoms with E-state index in [-0.39, 0.29) is 0 Å². The van der Waals surface area contributed by atoms with Crippen LogP contribution >= 0.6 is 0 Å². The first-order chi connectivity index (χ1) is 6.38. The molecule has 1 saturated carbocycles. The van der Waals surface area contributed by atoms with Gasteiger partial charge in [0.05, 0.1) is 6.54 Å². The SMILES string of the molecule is NCCCNC1CC1NCCC[NH3+]. The van der Waals surface area contributed by atoms with Crippen molar-refractivity contribution in [1.82, 2.24) is 10.6 Å². The third kappa shape index (κ3) is 4.57. The van der Waals surface area contributed by atoms with Crippen LogP contribution in [0, 0.1) is 0 Å². The second-order valence-electron chi connectivity index (χ2n) is 3.71. The minimum absolute atomic E-state index is 0.705. The molecule has 78 valence electrons. The maximum absolute atomic E-state index is 5.41. The van der Waals surface area contributed by atoms with Crippen LogP contribution in [-0.4, -0.2) is 38.3 Å². The van der Waals surface area contributed by atoms with Gasteiger partial charge in [-0.2, -0.15) is 0 Å². The average molecular weight is 187 g/mol.